The smallest absolute Gasteiger partial charge is 0.0223 e. The van der Waals surface area contributed by atoms with Crippen LogP contribution in [0.4, 0.5) is 0 Å². The van der Waals surface area contributed by atoms with Gasteiger partial charge in [0.1, 0.15) is 0 Å². The first kappa shape index (κ1) is 23.9. The molecule has 0 aliphatic carbocycles. The van der Waals surface area contributed by atoms with Crippen molar-refractivity contribution in [2.75, 3.05) is 32.7 Å². The Bertz CT molecular complexity index is 226. The molecule has 0 N–H and O–H groups in total. The highest BCUT2D eigenvalue weighted by Crippen LogP contribution is 2.15. The molecule has 1 unspecified atom stereocenters. The van der Waals surface area contributed by atoms with E-state index in [0.717, 1.165) is 6.04 Å². The van der Waals surface area contributed by atoms with Gasteiger partial charge in [-0.15, -0.1) is 0 Å². The zero-order chi connectivity index (χ0) is 18.0. The second kappa shape index (κ2) is 17.7. The summed E-state index contributed by atoms with van der Waals surface area (Å²) < 4.78 is 0. The van der Waals surface area contributed by atoms with Crippen molar-refractivity contribution in [2.45, 2.75) is 111 Å². The molecule has 1 atom stereocenters. The Kier molecular flexibility index (Phi) is 17.7. The van der Waals surface area contributed by atoms with E-state index >= 15 is 0 Å². The maximum absolute atomic E-state index is 2.84. The zero-order valence-electron chi connectivity index (χ0n) is 17.8. The zero-order valence-corrected chi connectivity index (χ0v) is 17.8. The number of nitrogens with zero attached hydrogens (tertiary/aromatic N) is 2. The van der Waals surface area contributed by atoms with Gasteiger partial charge in [0.05, 0.1) is 0 Å². The Balaban J connectivity index is 4.82. The molecule has 24 heavy (non-hydrogen) atoms. The van der Waals surface area contributed by atoms with E-state index in [1.165, 1.54) is 103 Å². The van der Waals surface area contributed by atoms with Gasteiger partial charge in [-0.3, -0.25) is 4.90 Å². The molecule has 2 nitrogen and oxygen atoms in total. The molecule has 0 rings (SSSR count). The van der Waals surface area contributed by atoms with Crippen LogP contribution in [0.5, 0.6) is 0 Å². The fraction of sp³-hybridized carbons (Fsp3) is 1.00. The molecule has 146 valence electrons. The minimum Gasteiger partial charge on any atom is -0.302 e. The molecule has 0 saturated heterocycles. The standard InChI is InChI=1S/C22H48N2/c1-6-11-16-22(24(19-14-9-4)20-15-10-5)21-23(17-12-7-2)18-13-8-3/h22H,6-21H2,1-5H3. The van der Waals surface area contributed by atoms with Crippen LogP contribution >= 0.6 is 0 Å². The summed E-state index contributed by atoms with van der Waals surface area (Å²) in [5, 5.41) is 0. The van der Waals surface area contributed by atoms with E-state index in [2.05, 4.69) is 44.4 Å². The summed E-state index contributed by atoms with van der Waals surface area (Å²) in [4.78, 5) is 5.62. The van der Waals surface area contributed by atoms with Crippen molar-refractivity contribution in [2.24, 2.45) is 0 Å². The van der Waals surface area contributed by atoms with Gasteiger partial charge in [-0.05, 0) is 58.3 Å². The molecular weight excluding hydrogens is 292 g/mol. The van der Waals surface area contributed by atoms with E-state index in [4.69, 9.17) is 0 Å². The maximum atomic E-state index is 2.84. The van der Waals surface area contributed by atoms with E-state index in [-0.39, 0.29) is 0 Å². The Morgan fingerprint density at radius 2 is 0.958 bits per heavy atom. The molecule has 0 aromatic rings. The minimum atomic E-state index is 0.775. The molecular formula is C22H48N2. The minimum absolute atomic E-state index is 0.775. The molecule has 0 aromatic heterocycles. The molecule has 2 heteroatoms. The summed E-state index contributed by atoms with van der Waals surface area (Å²) in [7, 11) is 0. The SMILES string of the molecule is CCCCC(CN(CCCC)CCCC)N(CCCC)CCCC. The molecule has 0 aromatic carbocycles. The van der Waals surface area contributed by atoms with Gasteiger partial charge in [0.2, 0.25) is 0 Å². The molecule has 0 bridgehead atoms. The first-order chi connectivity index (χ1) is 11.7. The molecule has 0 radical (unpaired) electrons. The number of hydrogen-bond donors (Lipinski definition) is 0. The molecule has 0 saturated carbocycles. The first-order valence-corrected chi connectivity index (χ1v) is 11.2. The predicted octanol–water partition coefficient (Wildman–Crippen LogP) is 6.35. The summed E-state index contributed by atoms with van der Waals surface area (Å²) in [5.41, 5.74) is 0. The van der Waals surface area contributed by atoms with Gasteiger partial charge in [-0.1, -0.05) is 73.1 Å². The number of unbranched alkanes of at least 4 members (excludes halogenated alkanes) is 5. The molecule has 0 aliphatic heterocycles. The van der Waals surface area contributed by atoms with Crippen LogP contribution < -0.4 is 0 Å². The Morgan fingerprint density at radius 1 is 0.542 bits per heavy atom. The second-order valence-corrected chi connectivity index (χ2v) is 7.55. The molecule has 0 fully saturated rings. The summed E-state index contributed by atoms with van der Waals surface area (Å²) in [5.74, 6) is 0. The van der Waals surface area contributed by atoms with Crippen LogP contribution in [0.25, 0.3) is 0 Å². The van der Waals surface area contributed by atoms with Gasteiger partial charge in [0.15, 0.2) is 0 Å². The van der Waals surface area contributed by atoms with E-state index < -0.39 is 0 Å². The lowest BCUT2D eigenvalue weighted by molar-refractivity contribution is 0.123. The predicted molar refractivity (Wildman–Crippen MR) is 111 cm³/mol. The average Bonchev–Trinajstić information content (AvgIpc) is 2.60. The van der Waals surface area contributed by atoms with E-state index in [1.54, 1.807) is 0 Å². The highest BCUT2D eigenvalue weighted by molar-refractivity contribution is 4.76. The van der Waals surface area contributed by atoms with Crippen molar-refractivity contribution in [1.82, 2.24) is 9.80 Å². The van der Waals surface area contributed by atoms with Crippen molar-refractivity contribution in [3.63, 3.8) is 0 Å². The summed E-state index contributed by atoms with van der Waals surface area (Å²) >= 11 is 0. The fourth-order valence-corrected chi connectivity index (χ4v) is 3.38. The van der Waals surface area contributed by atoms with E-state index in [9.17, 15) is 0 Å². The van der Waals surface area contributed by atoms with Crippen LogP contribution in [0.1, 0.15) is 105 Å². The maximum Gasteiger partial charge on any atom is 0.0223 e. The van der Waals surface area contributed by atoms with Crippen molar-refractivity contribution in [3.8, 4) is 0 Å². The van der Waals surface area contributed by atoms with Gasteiger partial charge < -0.3 is 4.90 Å². The summed E-state index contributed by atoms with van der Waals surface area (Å²) in [6.07, 6.45) is 14.8. The number of rotatable bonds is 18. The van der Waals surface area contributed by atoms with Crippen LogP contribution in [0, 0.1) is 0 Å². The Labute approximate surface area is 154 Å². The highest BCUT2D eigenvalue weighted by Gasteiger charge is 2.20. The van der Waals surface area contributed by atoms with Crippen LogP contribution in [-0.2, 0) is 0 Å². The van der Waals surface area contributed by atoms with Gasteiger partial charge in [0.25, 0.3) is 0 Å². The normalized spacial score (nSPS) is 13.1. The van der Waals surface area contributed by atoms with Gasteiger partial charge in [-0.25, -0.2) is 0 Å². The van der Waals surface area contributed by atoms with Gasteiger partial charge in [-0.2, -0.15) is 0 Å². The molecule has 0 aliphatic rings. The monoisotopic (exact) mass is 340 g/mol. The summed E-state index contributed by atoms with van der Waals surface area (Å²) in [6, 6.07) is 0.775. The average molecular weight is 341 g/mol. The Hall–Kier alpha value is -0.0800. The van der Waals surface area contributed by atoms with Crippen molar-refractivity contribution >= 4 is 0 Å². The summed E-state index contributed by atoms with van der Waals surface area (Å²) in [6.45, 7) is 18.1. The number of hydrogen-bond acceptors (Lipinski definition) is 2. The third kappa shape index (κ3) is 12.3. The quantitative estimate of drug-likeness (QED) is 0.287. The molecule has 0 spiro atoms. The lowest BCUT2D eigenvalue weighted by Gasteiger charge is -2.36. The van der Waals surface area contributed by atoms with Crippen molar-refractivity contribution in [1.29, 1.82) is 0 Å². The fourth-order valence-electron chi connectivity index (χ4n) is 3.38. The van der Waals surface area contributed by atoms with Crippen LogP contribution in [-0.4, -0.2) is 48.6 Å². The van der Waals surface area contributed by atoms with E-state index in [1.807, 2.05) is 0 Å². The second-order valence-electron chi connectivity index (χ2n) is 7.55. The molecule has 0 amide bonds. The first-order valence-electron chi connectivity index (χ1n) is 11.2. The third-order valence-electron chi connectivity index (χ3n) is 5.13. The van der Waals surface area contributed by atoms with Gasteiger partial charge in [0, 0.05) is 12.6 Å². The largest absolute Gasteiger partial charge is 0.302 e. The van der Waals surface area contributed by atoms with Crippen LogP contribution in [0.3, 0.4) is 0 Å². The van der Waals surface area contributed by atoms with Gasteiger partial charge >= 0.3 is 0 Å². The lowest BCUT2D eigenvalue weighted by Crippen LogP contribution is -2.45. The molecule has 0 heterocycles. The van der Waals surface area contributed by atoms with E-state index in [0.29, 0.717) is 0 Å². The van der Waals surface area contributed by atoms with Crippen LogP contribution in [0.2, 0.25) is 0 Å². The Morgan fingerprint density at radius 3 is 1.38 bits per heavy atom. The highest BCUT2D eigenvalue weighted by atomic mass is 15.2. The lowest BCUT2D eigenvalue weighted by atomic mass is 10.1. The third-order valence-corrected chi connectivity index (χ3v) is 5.13. The van der Waals surface area contributed by atoms with Crippen LogP contribution in [0.15, 0.2) is 0 Å². The topological polar surface area (TPSA) is 6.48 Å². The van der Waals surface area contributed by atoms with Crippen molar-refractivity contribution in [3.05, 3.63) is 0 Å². The van der Waals surface area contributed by atoms with Crippen molar-refractivity contribution < 1.29 is 0 Å².